The molecule has 0 aliphatic carbocycles. The molecule has 0 saturated carbocycles. The van der Waals surface area contributed by atoms with E-state index >= 15 is 0 Å². The number of H-pyrrole nitrogens is 1. The highest BCUT2D eigenvalue weighted by atomic mass is 35.5. The van der Waals surface area contributed by atoms with E-state index in [4.69, 9.17) is 11.6 Å². The van der Waals surface area contributed by atoms with E-state index in [0.717, 1.165) is 5.56 Å². The van der Waals surface area contributed by atoms with Crippen molar-refractivity contribution in [1.29, 1.82) is 0 Å². The molecule has 134 valence electrons. The molecule has 1 heterocycles. The second kappa shape index (κ2) is 8.38. The van der Waals surface area contributed by atoms with Crippen LogP contribution in [0.4, 0.5) is 0 Å². The van der Waals surface area contributed by atoms with Crippen LogP contribution >= 0.6 is 23.4 Å². The van der Waals surface area contributed by atoms with Crippen LogP contribution in [0.25, 0.3) is 0 Å². The van der Waals surface area contributed by atoms with Crippen molar-refractivity contribution in [3.8, 4) is 0 Å². The fourth-order valence-electron chi connectivity index (χ4n) is 2.54. The third kappa shape index (κ3) is 4.45. The predicted molar refractivity (Wildman–Crippen MR) is 104 cm³/mol. The van der Waals surface area contributed by atoms with Crippen LogP contribution in [0.5, 0.6) is 0 Å². The van der Waals surface area contributed by atoms with Gasteiger partial charge in [0.05, 0.1) is 5.25 Å². The van der Waals surface area contributed by atoms with Gasteiger partial charge >= 0.3 is 5.69 Å². The number of nitrogens with one attached hydrogen (secondary N) is 1. The summed E-state index contributed by atoms with van der Waals surface area (Å²) in [6, 6.07) is 16.7. The van der Waals surface area contributed by atoms with Gasteiger partial charge in [0.15, 0.2) is 10.9 Å². The van der Waals surface area contributed by atoms with Gasteiger partial charge in [-0.25, -0.2) is 9.89 Å². The Hall–Kier alpha value is -2.31. The number of benzene rings is 2. The molecule has 3 rings (SSSR count). The molecule has 5 nitrogen and oxygen atoms in total. The molecule has 0 amide bonds. The molecule has 1 atom stereocenters. The highest BCUT2D eigenvalue weighted by molar-refractivity contribution is 8.00. The van der Waals surface area contributed by atoms with Gasteiger partial charge in [0.25, 0.3) is 0 Å². The minimum absolute atomic E-state index is 0.0308. The van der Waals surface area contributed by atoms with Crippen LogP contribution in [-0.2, 0) is 13.0 Å². The van der Waals surface area contributed by atoms with Crippen molar-refractivity contribution in [2.75, 3.05) is 0 Å². The number of hydrogen-bond acceptors (Lipinski definition) is 4. The summed E-state index contributed by atoms with van der Waals surface area (Å²) in [6.07, 6.45) is 0.716. The van der Waals surface area contributed by atoms with Gasteiger partial charge in [-0.1, -0.05) is 53.7 Å². The molecule has 0 aliphatic rings. The van der Waals surface area contributed by atoms with Crippen molar-refractivity contribution in [1.82, 2.24) is 14.8 Å². The summed E-state index contributed by atoms with van der Waals surface area (Å²) in [6.45, 7) is 2.31. The minimum Gasteiger partial charge on any atom is -0.293 e. The fourth-order valence-corrected chi connectivity index (χ4v) is 3.62. The number of thioether (sulfide) groups is 1. The van der Waals surface area contributed by atoms with Crippen LogP contribution in [0.15, 0.2) is 64.5 Å². The predicted octanol–water partition coefficient (Wildman–Crippen LogP) is 3.83. The molecule has 2 aromatic carbocycles. The molecule has 7 heteroatoms. The first-order chi connectivity index (χ1) is 12.5. The van der Waals surface area contributed by atoms with Gasteiger partial charge < -0.3 is 0 Å². The van der Waals surface area contributed by atoms with E-state index < -0.39 is 0 Å². The van der Waals surface area contributed by atoms with Crippen LogP contribution in [0.2, 0.25) is 5.02 Å². The summed E-state index contributed by atoms with van der Waals surface area (Å²) in [7, 11) is 0. The summed E-state index contributed by atoms with van der Waals surface area (Å²) in [4.78, 5) is 24.6. The maximum absolute atomic E-state index is 12.6. The number of aromatic nitrogens is 3. The number of ketones is 1. The zero-order valence-corrected chi connectivity index (χ0v) is 15.8. The first kappa shape index (κ1) is 18.5. The molecule has 0 aliphatic heterocycles. The van der Waals surface area contributed by atoms with Crippen molar-refractivity contribution >= 4 is 29.1 Å². The lowest BCUT2D eigenvalue weighted by Gasteiger charge is -2.11. The van der Waals surface area contributed by atoms with Gasteiger partial charge in [-0.3, -0.25) is 9.36 Å². The molecule has 0 radical (unpaired) electrons. The van der Waals surface area contributed by atoms with E-state index in [9.17, 15) is 9.59 Å². The highest BCUT2D eigenvalue weighted by Gasteiger charge is 2.20. The third-order valence-electron chi connectivity index (χ3n) is 3.97. The summed E-state index contributed by atoms with van der Waals surface area (Å²) in [5, 5.41) is 7.27. The summed E-state index contributed by atoms with van der Waals surface area (Å²) >= 11 is 7.14. The van der Waals surface area contributed by atoms with Gasteiger partial charge in [-0.2, -0.15) is 0 Å². The molecule has 1 unspecified atom stereocenters. The molecule has 0 fully saturated rings. The molecule has 1 aromatic heterocycles. The van der Waals surface area contributed by atoms with Crippen LogP contribution < -0.4 is 5.69 Å². The molecule has 0 spiro atoms. The van der Waals surface area contributed by atoms with E-state index in [2.05, 4.69) is 10.2 Å². The lowest BCUT2D eigenvalue weighted by atomic mass is 10.1. The lowest BCUT2D eigenvalue weighted by Crippen LogP contribution is -2.20. The Labute approximate surface area is 160 Å². The van der Waals surface area contributed by atoms with Crippen LogP contribution in [-0.4, -0.2) is 25.8 Å². The fraction of sp³-hybridized carbons (Fsp3) is 0.211. The second-order valence-corrected chi connectivity index (χ2v) is 7.57. The largest absolute Gasteiger partial charge is 0.343 e. The zero-order valence-electron chi connectivity index (χ0n) is 14.2. The summed E-state index contributed by atoms with van der Waals surface area (Å²) in [5.41, 5.74) is 1.46. The lowest BCUT2D eigenvalue weighted by molar-refractivity contribution is 0.0994. The summed E-state index contributed by atoms with van der Waals surface area (Å²) < 4.78 is 1.57. The SMILES string of the molecule is CC(Sc1n[nH]c(=O)n1CCc1ccccc1)C(=O)c1ccc(Cl)cc1. The van der Waals surface area contributed by atoms with E-state index in [1.165, 1.54) is 11.8 Å². The molecule has 0 bridgehead atoms. The Bertz CT molecular complexity index is 935. The Morgan fingerprint density at radius 2 is 1.88 bits per heavy atom. The number of carbonyl (C=O) groups excluding carboxylic acids is 1. The number of Topliss-reactive ketones (excluding diaryl/α,β-unsaturated/α-hetero) is 1. The minimum atomic E-state index is -0.373. The van der Waals surface area contributed by atoms with Crippen molar-refractivity contribution in [2.24, 2.45) is 0 Å². The summed E-state index contributed by atoms with van der Waals surface area (Å²) in [5.74, 6) is -0.0308. The average molecular weight is 388 g/mol. The van der Waals surface area contributed by atoms with Gasteiger partial charge in [-0.05, 0) is 43.2 Å². The van der Waals surface area contributed by atoms with E-state index in [1.807, 2.05) is 37.3 Å². The molecular formula is C19H18ClN3O2S. The third-order valence-corrected chi connectivity index (χ3v) is 5.31. The van der Waals surface area contributed by atoms with Crippen LogP contribution in [0.3, 0.4) is 0 Å². The normalized spacial score (nSPS) is 12.1. The van der Waals surface area contributed by atoms with Crippen molar-refractivity contribution < 1.29 is 4.79 Å². The van der Waals surface area contributed by atoms with E-state index in [1.54, 1.807) is 28.8 Å². The molecular weight excluding hydrogens is 370 g/mol. The average Bonchev–Trinajstić information content (AvgIpc) is 3.00. The topological polar surface area (TPSA) is 67.8 Å². The number of nitrogens with zero attached hydrogens (tertiary/aromatic N) is 2. The van der Waals surface area contributed by atoms with Gasteiger partial charge in [0.2, 0.25) is 0 Å². The van der Waals surface area contributed by atoms with E-state index in [0.29, 0.717) is 28.7 Å². The maximum Gasteiger partial charge on any atom is 0.343 e. The molecule has 3 aromatic rings. The molecule has 26 heavy (non-hydrogen) atoms. The first-order valence-corrected chi connectivity index (χ1v) is 9.46. The molecule has 1 N–H and O–H groups in total. The first-order valence-electron chi connectivity index (χ1n) is 8.20. The monoisotopic (exact) mass is 387 g/mol. The van der Waals surface area contributed by atoms with Crippen molar-refractivity contribution in [3.63, 3.8) is 0 Å². The quantitative estimate of drug-likeness (QED) is 0.494. The van der Waals surface area contributed by atoms with E-state index in [-0.39, 0.29) is 16.7 Å². The Kier molecular flexibility index (Phi) is 5.96. The zero-order chi connectivity index (χ0) is 18.5. The second-order valence-electron chi connectivity index (χ2n) is 5.83. The number of carbonyl (C=O) groups is 1. The Morgan fingerprint density at radius 3 is 2.58 bits per heavy atom. The van der Waals surface area contributed by atoms with Gasteiger partial charge in [0, 0.05) is 17.1 Å². The maximum atomic E-state index is 12.6. The van der Waals surface area contributed by atoms with Crippen LogP contribution in [0.1, 0.15) is 22.8 Å². The van der Waals surface area contributed by atoms with Crippen molar-refractivity contribution in [3.05, 3.63) is 81.2 Å². The number of halogens is 1. The van der Waals surface area contributed by atoms with Crippen molar-refractivity contribution in [2.45, 2.75) is 30.3 Å². The smallest absolute Gasteiger partial charge is 0.293 e. The van der Waals surface area contributed by atoms with Gasteiger partial charge in [-0.15, -0.1) is 5.10 Å². The Balaban J connectivity index is 1.70. The number of hydrogen-bond donors (Lipinski definition) is 1. The standard InChI is InChI=1S/C19H18ClN3O2S/c1-13(17(24)15-7-9-16(20)10-8-15)26-19-22-21-18(25)23(19)12-11-14-5-3-2-4-6-14/h2-10,13H,11-12H2,1H3,(H,21,25). The van der Waals surface area contributed by atoms with Crippen LogP contribution in [0, 0.1) is 0 Å². The number of aryl methyl sites for hydroxylation is 1. The number of rotatable bonds is 7. The molecule has 0 saturated heterocycles. The number of aromatic amines is 1. The Morgan fingerprint density at radius 1 is 1.19 bits per heavy atom. The van der Waals surface area contributed by atoms with Gasteiger partial charge in [0.1, 0.15) is 0 Å². The highest BCUT2D eigenvalue weighted by Crippen LogP contribution is 2.24.